The molecule has 0 heterocycles. The molecule has 1 aromatic rings. The Kier molecular flexibility index (Phi) is 5.26. The van der Waals surface area contributed by atoms with E-state index >= 15 is 0 Å². The van der Waals surface area contributed by atoms with Gasteiger partial charge in [0.05, 0.1) is 0 Å². The molecule has 0 saturated carbocycles. The van der Waals surface area contributed by atoms with Crippen LogP contribution in [-0.2, 0) is 6.54 Å². The van der Waals surface area contributed by atoms with Crippen molar-refractivity contribution in [3.8, 4) is 0 Å². The van der Waals surface area contributed by atoms with Gasteiger partial charge in [-0.05, 0) is 19.4 Å². The molecule has 0 aliphatic heterocycles. The molecule has 0 saturated heterocycles. The molecule has 0 aromatic heterocycles. The van der Waals surface area contributed by atoms with Gasteiger partial charge in [0.2, 0.25) is 0 Å². The third kappa shape index (κ3) is 4.76. The second-order valence-corrected chi connectivity index (χ2v) is 5.45. The highest BCUT2D eigenvalue weighted by Gasteiger charge is 2.06. The Morgan fingerprint density at radius 3 is 2.60 bits per heavy atom. The van der Waals surface area contributed by atoms with Crippen molar-refractivity contribution in [3.63, 3.8) is 0 Å². The molecule has 2 unspecified atom stereocenters. The summed E-state index contributed by atoms with van der Waals surface area (Å²) in [5, 5.41) is 3.30. The van der Waals surface area contributed by atoms with E-state index in [0.29, 0.717) is 17.4 Å². The van der Waals surface area contributed by atoms with Crippen LogP contribution in [0.1, 0.15) is 25.8 Å². The Bertz CT molecular complexity index is 301. The number of benzene rings is 1. The fourth-order valence-corrected chi connectivity index (χ4v) is 2.06. The first-order valence-corrected chi connectivity index (χ1v) is 6.12. The van der Waals surface area contributed by atoms with Crippen molar-refractivity contribution < 1.29 is 4.39 Å². The van der Waals surface area contributed by atoms with E-state index in [-0.39, 0.29) is 5.82 Å². The van der Waals surface area contributed by atoms with Crippen molar-refractivity contribution in [2.75, 3.05) is 0 Å². The van der Waals surface area contributed by atoms with Crippen molar-refractivity contribution in [1.29, 1.82) is 0 Å². The van der Waals surface area contributed by atoms with E-state index in [1.165, 1.54) is 6.07 Å². The van der Waals surface area contributed by atoms with Gasteiger partial charge >= 0.3 is 0 Å². The van der Waals surface area contributed by atoms with E-state index in [1.54, 1.807) is 6.07 Å². The molecule has 1 nitrogen and oxygen atoms in total. The molecule has 0 spiro atoms. The Hall–Kier alpha value is -0.410. The Morgan fingerprint density at radius 2 is 2.00 bits per heavy atom. The zero-order chi connectivity index (χ0) is 11.3. The number of hydrogen-bond acceptors (Lipinski definition) is 1. The maximum Gasteiger partial charge on any atom is 0.127 e. The molecular weight excluding hydrogens is 257 g/mol. The van der Waals surface area contributed by atoms with Crippen LogP contribution in [0, 0.1) is 5.82 Å². The van der Waals surface area contributed by atoms with Gasteiger partial charge in [-0.25, -0.2) is 4.39 Å². The first-order valence-electron chi connectivity index (χ1n) is 5.20. The molecule has 3 heteroatoms. The van der Waals surface area contributed by atoms with E-state index in [0.717, 1.165) is 12.0 Å². The average molecular weight is 274 g/mol. The molecule has 0 fully saturated rings. The van der Waals surface area contributed by atoms with Crippen LogP contribution in [0.2, 0.25) is 0 Å². The highest BCUT2D eigenvalue weighted by atomic mass is 79.9. The lowest BCUT2D eigenvalue weighted by molar-refractivity contribution is 0.502. The molecule has 0 aliphatic rings. The Balaban J connectivity index is 2.40. The number of hydrogen-bond donors (Lipinski definition) is 1. The molecule has 1 N–H and O–H groups in total. The van der Waals surface area contributed by atoms with E-state index in [9.17, 15) is 4.39 Å². The van der Waals surface area contributed by atoms with Gasteiger partial charge in [0.25, 0.3) is 0 Å². The van der Waals surface area contributed by atoms with Gasteiger partial charge in [-0.3, -0.25) is 0 Å². The second kappa shape index (κ2) is 6.23. The molecule has 1 rings (SSSR count). The molecular formula is C12H17BrFN. The van der Waals surface area contributed by atoms with Gasteiger partial charge in [0, 0.05) is 23.0 Å². The lowest BCUT2D eigenvalue weighted by Gasteiger charge is -2.15. The van der Waals surface area contributed by atoms with Gasteiger partial charge in [-0.2, -0.15) is 0 Å². The number of rotatable bonds is 5. The number of alkyl halides is 1. The molecule has 1 aromatic carbocycles. The van der Waals surface area contributed by atoms with Crippen LogP contribution in [0.3, 0.4) is 0 Å². The van der Waals surface area contributed by atoms with Crippen molar-refractivity contribution in [1.82, 2.24) is 5.32 Å². The largest absolute Gasteiger partial charge is 0.310 e. The minimum atomic E-state index is -0.135. The summed E-state index contributed by atoms with van der Waals surface area (Å²) < 4.78 is 13.3. The normalized spacial score (nSPS) is 14.9. The minimum Gasteiger partial charge on any atom is -0.310 e. The SMILES string of the molecule is CC(Br)CC(C)NCc1ccccc1F. The topological polar surface area (TPSA) is 12.0 Å². The summed E-state index contributed by atoms with van der Waals surface area (Å²) in [7, 11) is 0. The third-order valence-corrected chi connectivity index (χ3v) is 2.65. The summed E-state index contributed by atoms with van der Waals surface area (Å²) in [5.41, 5.74) is 0.728. The van der Waals surface area contributed by atoms with Crippen molar-refractivity contribution in [2.24, 2.45) is 0 Å². The molecule has 0 amide bonds. The highest BCUT2D eigenvalue weighted by Crippen LogP contribution is 2.09. The van der Waals surface area contributed by atoms with Crippen LogP contribution in [0.15, 0.2) is 24.3 Å². The van der Waals surface area contributed by atoms with E-state index in [2.05, 4.69) is 35.1 Å². The number of halogens is 2. The Morgan fingerprint density at radius 1 is 1.33 bits per heavy atom. The summed E-state index contributed by atoms with van der Waals surface area (Å²) in [5.74, 6) is -0.135. The summed E-state index contributed by atoms with van der Waals surface area (Å²) in [4.78, 5) is 0.487. The first-order chi connectivity index (χ1) is 7.09. The lowest BCUT2D eigenvalue weighted by atomic mass is 10.1. The van der Waals surface area contributed by atoms with Gasteiger partial charge in [0.15, 0.2) is 0 Å². The van der Waals surface area contributed by atoms with Crippen LogP contribution < -0.4 is 5.32 Å². The molecule has 0 aliphatic carbocycles. The van der Waals surface area contributed by atoms with Gasteiger partial charge in [0.1, 0.15) is 5.82 Å². The number of nitrogens with one attached hydrogen (secondary N) is 1. The van der Waals surface area contributed by atoms with E-state index < -0.39 is 0 Å². The summed E-state index contributed by atoms with van der Waals surface area (Å²) >= 11 is 3.50. The minimum absolute atomic E-state index is 0.135. The third-order valence-electron chi connectivity index (χ3n) is 2.28. The fraction of sp³-hybridized carbons (Fsp3) is 0.500. The van der Waals surface area contributed by atoms with Crippen LogP contribution in [0.5, 0.6) is 0 Å². The monoisotopic (exact) mass is 273 g/mol. The standard InChI is InChI=1S/C12H17BrFN/c1-9(13)7-10(2)15-8-11-5-3-4-6-12(11)14/h3-6,9-10,15H,7-8H2,1-2H3. The van der Waals surface area contributed by atoms with Crippen LogP contribution in [-0.4, -0.2) is 10.9 Å². The maximum atomic E-state index is 13.3. The van der Waals surface area contributed by atoms with Crippen LogP contribution in [0.25, 0.3) is 0 Å². The summed E-state index contributed by atoms with van der Waals surface area (Å²) in [6, 6.07) is 7.27. The van der Waals surface area contributed by atoms with E-state index in [4.69, 9.17) is 0 Å². The molecule has 15 heavy (non-hydrogen) atoms. The van der Waals surface area contributed by atoms with E-state index in [1.807, 2.05) is 12.1 Å². The van der Waals surface area contributed by atoms with Gasteiger partial charge < -0.3 is 5.32 Å². The van der Waals surface area contributed by atoms with Crippen molar-refractivity contribution in [2.45, 2.75) is 37.7 Å². The second-order valence-electron chi connectivity index (χ2n) is 3.89. The first kappa shape index (κ1) is 12.7. The molecule has 0 bridgehead atoms. The highest BCUT2D eigenvalue weighted by molar-refractivity contribution is 9.09. The summed E-state index contributed by atoms with van der Waals surface area (Å²) in [6.45, 7) is 4.81. The molecule has 2 atom stereocenters. The molecule has 0 radical (unpaired) electrons. The lowest BCUT2D eigenvalue weighted by Crippen LogP contribution is -2.27. The zero-order valence-corrected chi connectivity index (χ0v) is 10.7. The zero-order valence-electron chi connectivity index (χ0n) is 9.13. The smallest absolute Gasteiger partial charge is 0.127 e. The van der Waals surface area contributed by atoms with Crippen LogP contribution >= 0.6 is 15.9 Å². The van der Waals surface area contributed by atoms with Crippen molar-refractivity contribution >= 4 is 15.9 Å². The Labute approximate surface area is 99.2 Å². The molecule has 84 valence electrons. The van der Waals surface area contributed by atoms with Crippen molar-refractivity contribution in [3.05, 3.63) is 35.6 Å². The van der Waals surface area contributed by atoms with Crippen LogP contribution in [0.4, 0.5) is 4.39 Å². The predicted molar refractivity (Wildman–Crippen MR) is 65.7 cm³/mol. The fourth-order valence-electron chi connectivity index (χ4n) is 1.50. The maximum absolute atomic E-state index is 13.3. The van der Waals surface area contributed by atoms with Gasteiger partial charge in [-0.15, -0.1) is 0 Å². The predicted octanol–water partition coefficient (Wildman–Crippen LogP) is 3.48. The quantitative estimate of drug-likeness (QED) is 0.811. The summed E-state index contributed by atoms with van der Waals surface area (Å²) in [6.07, 6.45) is 1.04. The average Bonchev–Trinajstić information content (AvgIpc) is 2.15. The van der Waals surface area contributed by atoms with Gasteiger partial charge in [-0.1, -0.05) is 41.1 Å².